The maximum atomic E-state index is 12.2. The van der Waals surface area contributed by atoms with Gasteiger partial charge in [0.25, 0.3) is 5.56 Å². The fraction of sp³-hybridized carbons (Fsp3) is 0.250. The zero-order chi connectivity index (χ0) is 18.4. The standard InChI is InChI=1S/C20H20N2O4/c1-2-25-18(23)11-6-12-26-15-8-5-7-14(13-15)19-21-17-10-4-3-9-16(17)20(24)22-19/h3-5,7-10,13H,2,6,11-12H2,1H3,(H,21,22,24). The lowest BCUT2D eigenvalue weighted by atomic mass is 10.2. The van der Waals surface area contributed by atoms with Crippen molar-refractivity contribution in [2.75, 3.05) is 13.2 Å². The van der Waals surface area contributed by atoms with Gasteiger partial charge in [-0.2, -0.15) is 0 Å². The molecule has 1 N–H and O–H groups in total. The number of hydrogen-bond acceptors (Lipinski definition) is 5. The zero-order valence-electron chi connectivity index (χ0n) is 14.5. The minimum Gasteiger partial charge on any atom is -0.494 e. The summed E-state index contributed by atoms with van der Waals surface area (Å²) in [6.45, 7) is 2.58. The molecule has 0 spiro atoms. The SMILES string of the molecule is CCOC(=O)CCCOc1cccc(-c2nc3ccccc3c(=O)[nH]2)c1. The molecular formula is C20H20N2O4. The molecule has 0 bridgehead atoms. The van der Waals surface area contributed by atoms with Gasteiger partial charge in [-0.05, 0) is 37.6 Å². The van der Waals surface area contributed by atoms with E-state index in [-0.39, 0.29) is 11.5 Å². The Bertz CT molecular complexity index is 965. The summed E-state index contributed by atoms with van der Waals surface area (Å²) in [7, 11) is 0. The van der Waals surface area contributed by atoms with E-state index in [0.717, 1.165) is 5.56 Å². The van der Waals surface area contributed by atoms with Gasteiger partial charge in [0.2, 0.25) is 0 Å². The Kier molecular flexibility index (Phi) is 5.63. The van der Waals surface area contributed by atoms with E-state index in [1.807, 2.05) is 42.5 Å². The number of benzene rings is 2. The van der Waals surface area contributed by atoms with Crippen LogP contribution >= 0.6 is 0 Å². The number of esters is 1. The number of hydrogen-bond donors (Lipinski definition) is 1. The molecule has 0 unspecified atom stereocenters. The van der Waals surface area contributed by atoms with Gasteiger partial charge in [-0.25, -0.2) is 4.98 Å². The minimum absolute atomic E-state index is 0.175. The number of aromatic nitrogens is 2. The van der Waals surface area contributed by atoms with E-state index in [1.165, 1.54) is 0 Å². The third-order valence-corrected chi connectivity index (χ3v) is 3.82. The van der Waals surface area contributed by atoms with Crippen LogP contribution in [0.2, 0.25) is 0 Å². The molecule has 2 aromatic carbocycles. The molecule has 0 aliphatic rings. The number of rotatable bonds is 7. The van der Waals surface area contributed by atoms with Crippen molar-refractivity contribution < 1.29 is 14.3 Å². The van der Waals surface area contributed by atoms with Crippen molar-refractivity contribution in [3.63, 3.8) is 0 Å². The monoisotopic (exact) mass is 352 g/mol. The average Bonchev–Trinajstić information content (AvgIpc) is 2.66. The highest BCUT2D eigenvalue weighted by atomic mass is 16.5. The molecule has 3 rings (SSSR count). The third-order valence-electron chi connectivity index (χ3n) is 3.82. The van der Waals surface area contributed by atoms with Crippen LogP contribution in [-0.4, -0.2) is 29.2 Å². The number of carbonyl (C=O) groups excluding carboxylic acids is 1. The van der Waals surface area contributed by atoms with Crippen molar-refractivity contribution in [3.8, 4) is 17.1 Å². The molecule has 0 radical (unpaired) electrons. The van der Waals surface area contributed by atoms with Gasteiger partial charge < -0.3 is 14.5 Å². The van der Waals surface area contributed by atoms with Crippen LogP contribution in [0.15, 0.2) is 53.3 Å². The second-order valence-corrected chi connectivity index (χ2v) is 5.72. The lowest BCUT2D eigenvalue weighted by Crippen LogP contribution is -2.09. The first-order valence-corrected chi connectivity index (χ1v) is 8.55. The lowest BCUT2D eigenvalue weighted by Gasteiger charge is -2.08. The maximum Gasteiger partial charge on any atom is 0.305 e. The van der Waals surface area contributed by atoms with E-state index < -0.39 is 0 Å². The number of H-pyrrole nitrogens is 1. The average molecular weight is 352 g/mol. The summed E-state index contributed by atoms with van der Waals surface area (Å²) < 4.78 is 10.6. The molecule has 0 fully saturated rings. The van der Waals surface area contributed by atoms with E-state index in [1.54, 1.807) is 13.0 Å². The first kappa shape index (κ1) is 17.7. The number of carbonyl (C=O) groups is 1. The number of nitrogens with zero attached hydrogens (tertiary/aromatic N) is 1. The molecule has 0 aliphatic carbocycles. The molecule has 3 aromatic rings. The van der Waals surface area contributed by atoms with E-state index in [9.17, 15) is 9.59 Å². The van der Waals surface area contributed by atoms with Crippen LogP contribution in [0.4, 0.5) is 0 Å². The zero-order valence-corrected chi connectivity index (χ0v) is 14.5. The van der Waals surface area contributed by atoms with E-state index in [2.05, 4.69) is 9.97 Å². The van der Waals surface area contributed by atoms with Crippen molar-refractivity contribution in [3.05, 3.63) is 58.9 Å². The Morgan fingerprint density at radius 2 is 2.00 bits per heavy atom. The topological polar surface area (TPSA) is 81.3 Å². The van der Waals surface area contributed by atoms with Gasteiger partial charge in [-0.1, -0.05) is 24.3 Å². The highest BCUT2D eigenvalue weighted by Crippen LogP contribution is 2.21. The molecule has 6 nitrogen and oxygen atoms in total. The predicted molar refractivity (Wildman–Crippen MR) is 99.2 cm³/mol. The van der Waals surface area contributed by atoms with Gasteiger partial charge in [0, 0.05) is 12.0 Å². The summed E-state index contributed by atoms with van der Waals surface area (Å²) in [4.78, 5) is 30.8. The summed E-state index contributed by atoms with van der Waals surface area (Å²) in [6.07, 6.45) is 0.904. The Morgan fingerprint density at radius 1 is 1.15 bits per heavy atom. The fourth-order valence-corrected chi connectivity index (χ4v) is 2.60. The van der Waals surface area contributed by atoms with Gasteiger partial charge in [0.1, 0.15) is 11.6 Å². The van der Waals surface area contributed by atoms with Crippen molar-refractivity contribution in [1.29, 1.82) is 0 Å². The largest absolute Gasteiger partial charge is 0.494 e. The molecule has 0 atom stereocenters. The third kappa shape index (κ3) is 4.27. The van der Waals surface area contributed by atoms with Crippen LogP contribution in [0.1, 0.15) is 19.8 Å². The lowest BCUT2D eigenvalue weighted by molar-refractivity contribution is -0.143. The second-order valence-electron chi connectivity index (χ2n) is 5.72. The van der Waals surface area contributed by atoms with Crippen LogP contribution in [0.5, 0.6) is 5.75 Å². The van der Waals surface area contributed by atoms with Crippen LogP contribution in [0.3, 0.4) is 0 Å². The molecule has 0 aliphatic heterocycles. The highest BCUT2D eigenvalue weighted by molar-refractivity contribution is 5.79. The Hall–Kier alpha value is -3.15. The molecule has 6 heteroatoms. The summed E-state index contributed by atoms with van der Waals surface area (Å²) >= 11 is 0. The number of aromatic amines is 1. The van der Waals surface area contributed by atoms with Crippen molar-refractivity contribution in [1.82, 2.24) is 9.97 Å². The van der Waals surface area contributed by atoms with E-state index in [0.29, 0.717) is 48.5 Å². The van der Waals surface area contributed by atoms with Crippen molar-refractivity contribution in [2.24, 2.45) is 0 Å². The maximum absolute atomic E-state index is 12.2. The Labute approximate surface area is 150 Å². The van der Waals surface area contributed by atoms with Gasteiger partial charge >= 0.3 is 5.97 Å². The van der Waals surface area contributed by atoms with Gasteiger partial charge in [-0.3, -0.25) is 9.59 Å². The number of para-hydroxylation sites is 1. The molecule has 1 aromatic heterocycles. The smallest absolute Gasteiger partial charge is 0.305 e. The summed E-state index contributed by atoms with van der Waals surface area (Å²) in [5.74, 6) is 0.927. The summed E-state index contributed by atoms with van der Waals surface area (Å²) in [5, 5.41) is 0.558. The van der Waals surface area contributed by atoms with Crippen LogP contribution in [0.25, 0.3) is 22.3 Å². The van der Waals surface area contributed by atoms with Crippen LogP contribution < -0.4 is 10.3 Å². The minimum atomic E-state index is -0.220. The van der Waals surface area contributed by atoms with E-state index >= 15 is 0 Å². The quantitative estimate of drug-likeness (QED) is 0.521. The molecule has 0 amide bonds. The van der Waals surface area contributed by atoms with Gasteiger partial charge in [-0.15, -0.1) is 0 Å². The first-order valence-electron chi connectivity index (χ1n) is 8.55. The fourth-order valence-electron chi connectivity index (χ4n) is 2.60. The molecule has 26 heavy (non-hydrogen) atoms. The first-order chi connectivity index (χ1) is 12.7. The number of nitrogens with one attached hydrogen (secondary N) is 1. The van der Waals surface area contributed by atoms with Crippen molar-refractivity contribution in [2.45, 2.75) is 19.8 Å². The molecule has 0 saturated heterocycles. The predicted octanol–water partition coefficient (Wildman–Crippen LogP) is 3.31. The molecule has 1 heterocycles. The number of fused-ring (bicyclic) bond motifs is 1. The highest BCUT2D eigenvalue weighted by Gasteiger charge is 2.07. The Balaban J connectivity index is 1.71. The van der Waals surface area contributed by atoms with E-state index in [4.69, 9.17) is 9.47 Å². The number of ether oxygens (including phenoxy) is 2. The normalized spacial score (nSPS) is 10.7. The van der Waals surface area contributed by atoms with Crippen LogP contribution in [-0.2, 0) is 9.53 Å². The summed E-state index contributed by atoms with van der Waals surface area (Å²) in [5.41, 5.74) is 1.23. The second kappa shape index (κ2) is 8.29. The van der Waals surface area contributed by atoms with Crippen LogP contribution in [0, 0.1) is 0 Å². The summed E-state index contributed by atoms with van der Waals surface area (Å²) in [6, 6.07) is 14.6. The molecule has 0 saturated carbocycles. The molecule has 134 valence electrons. The van der Waals surface area contributed by atoms with Crippen molar-refractivity contribution >= 4 is 16.9 Å². The van der Waals surface area contributed by atoms with Gasteiger partial charge in [0.15, 0.2) is 0 Å². The van der Waals surface area contributed by atoms with Gasteiger partial charge in [0.05, 0.1) is 24.1 Å². The molecular weight excluding hydrogens is 332 g/mol. The Morgan fingerprint density at radius 3 is 2.85 bits per heavy atom.